The summed E-state index contributed by atoms with van der Waals surface area (Å²) in [6, 6.07) is 10.3. The van der Waals surface area contributed by atoms with E-state index in [0.717, 1.165) is 10.4 Å². The number of carbonyl (C=O) groups excluding carboxylic acids is 1. The highest BCUT2D eigenvalue weighted by atomic mass is 35.5. The van der Waals surface area contributed by atoms with E-state index in [1.807, 2.05) is 0 Å². The monoisotopic (exact) mass is 455 g/mol. The number of anilines is 1. The van der Waals surface area contributed by atoms with E-state index in [1.54, 1.807) is 24.3 Å². The van der Waals surface area contributed by atoms with Gasteiger partial charge in [0.15, 0.2) is 0 Å². The van der Waals surface area contributed by atoms with E-state index in [4.69, 9.17) is 32.7 Å². The van der Waals surface area contributed by atoms with Gasteiger partial charge in [0.2, 0.25) is 0 Å². The quantitative estimate of drug-likeness (QED) is 0.406. The molecule has 0 amide bonds. The lowest BCUT2D eigenvalue weighted by Crippen LogP contribution is -2.31. The maximum Gasteiger partial charge on any atom is 0.340 e. The van der Waals surface area contributed by atoms with Gasteiger partial charge in [-0.2, -0.15) is 0 Å². The molecule has 0 radical (unpaired) electrons. The molecule has 2 aromatic rings. The minimum atomic E-state index is -4.03. The maximum atomic E-state index is 13.2. The van der Waals surface area contributed by atoms with Crippen molar-refractivity contribution in [2.24, 2.45) is 0 Å². The molecule has 9 heteroatoms. The van der Waals surface area contributed by atoms with E-state index in [-0.39, 0.29) is 33.7 Å². The predicted molar refractivity (Wildman–Crippen MR) is 114 cm³/mol. The summed E-state index contributed by atoms with van der Waals surface area (Å²) in [5.41, 5.74) is 0.308. The first-order valence-corrected chi connectivity index (χ1v) is 10.5. The summed E-state index contributed by atoms with van der Waals surface area (Å²) in [5.74, 6) is -0.226. The zero-order valence-electron chi connectivity index (χ0n) is 15.6. The van der Waals surface area contributed by atoms with Crippen LogP contribution in [0.25, 0.3) is 0 Å². The van der Waals surface area contributed by atoms with Crippen molar-refractivity contribution < 1.29 is 22.7 Å². The average molecular weight is 456 g/mol. The zero-order chi connectivity index (χ0) is 21.6. The molecule has 0 fully saturated rings. The van der Waals surface area contributed by atoms with Gasteiger partial charge in [0.1, 0.15) is 12.4 Å². The summed E-state index contributed by atoms with van der Waals surface area (Å²) >= 11 is 11.6. The van der Waals surface area contributed by atoms with E-state index < -0.39 is 16.0 Å². The minimum absolute atomic E-state index is 0.0170. The lowest BCUT2D eigenvalue weighted by molar-refractivity contribution is 0.0546. The summed E-state index contributed by atoms with van der Waals surface area (Å²) in [5, 5.41) is 0.170. The number of halogens is 2. The molecule has 0 saturated heterocycles. The van der Waals surface area contributed by atoms with Crippen LogP contribution in [0.1, 0.15) is 10.4 Å². The Morgan fingerprint density at radius 3 is 2.41 bits per heavy atom. The van der Waals surface area contributed by atoms with Crippen LogP contribution in [0.5, 0.6) is 5.75 Å². The molecule has 0 aliphatic rings. The third-order valence-corrected chi connectivity index (χ3v) is 5.99. The number of hydrogen-bond donors (Lipinski definition) is 0. The Kier molecular flexibility index (Phi) is 7.73. The molecule has 0 N–H and O–H groups in total. The van der Waals surface area contributed by atoms with E-state index >= 15 is 0 Å². The van der Waals surface area contributed by atoms with Crippen LogP contribution in [0.3, 0.4) is 0 Å². The SMILES string of the molecule is C=CCN(c1ccc(OC)cc1)S(=O)(=O)c1ccc(Cl)c(C(=O)OCC(=C)Cl)c1. The maximum absolute atomic E-state index is 13.2. The molecule has 0 bridgehead atoms. The molecule has 6 nitrogen and oxygen atoms in total. The van der Waals surface area contributed by atoms with E-state index in [9.17, 15) is 13.2 Å². The van der Waals surface area contributed by atoms with Crippen LogP contribution in [0.2, 0.25) is 5.02 Å². The highest BCUT2D eigenvalue weighted by Crippen LogP contribution is 2.28. The molecule has 154 valence electrons. The van der Waals surface area contributed by atoms with Gasteiger partial charge >= 0.3 is 5.97 Å². The largest absolute Gasteiger partial charge is 0.497 e. The number of rotatable bonds is 9. The van der Waals surface area contributed by atoms with Crippen LogP contribution < -0.4 is 9.04 Å². The normalized spacial score (nSPS) is 10.9. The number of carbonyl (C=O) groups is 1. The standard InChI is InChI=1S/C20H19Cl2NO5S/c1-4-11-23(15-5-7-16(27-3)8-6-15)29(25,26)17-9-10-19(22)18(12-17)20(24)28-13-14(2)21/h4-10,12H,1-2,11,13H2,3H3. The average Bonchev–Trinajstić information content (AvgIpc) is 2.70. The molecule has 2 aromatic carbocycles. The fourth-order valence-electron chi connectivity index (χ4n) is 2.38. The van der Waals surface area contributed by atoms with Crippen molar-refractivity contribution in [1.29, 1.82) is 0 Å². The van der Waals surface area contributed by atoms with Gasteiger partial charge in [-0.25, -0.2) is 13.2 Å². The van der Waals surface area contributed by atoms with Crippen LogP contribution in [0, 0.1) is 0 Å². The summed E-state index contributed by atoms with van der Waals surface area (Å²) in [4.78, 5) is 12.1. The van der Waals surface area contributed by atoms with Crippen molar-refractivity contribution in [1.82, 2.24) is 0 Å². The number of esters is 1. The fraction of sp³-hybridized carbons (Fsp3) is 0.150. The Balaban J connectivity index is 2.45. The first-order chi connectivity index (χ1) is 13.7. The Morgan fingerprint density at radius 1 is 1.21 bits per heavy atom. The number of ether oxygens (including phenoxy) is 2. The van der Waals surface area contributed by atoms with Crippen LogP contribution in [0.4, 0.5) is 5.69 Å². The molecule has 0 aromatic heterocycles. The Labute approximate surface area is 180 Å². The molecule has 0 aliphatic heterocycles. The van der Waals surface area contributed by atoms with Gasteiger partial charge in [0.05, 0.1) is 34.8 Å². The van der Waals surface area contributed by atoms with E-state index in [1.165, 1.54) is 25.3 Å². The molecule has 2 rings (SSSR count). The fourth-order valence-corrected chi connectivity index (χ4v) is 4.09. The molecule has 0 spiro atoms. The molecule has 0 atom stereocenters. The minimum Gasteiger partial charge on any atom is -0.497 e. The highest BCUT2D eigenvalue weighted by molar-refractivity contribution is 7.92. The van der Waals surface area contributed by atoms with Gasteiger partial charge in [0.25, 0.3) is 10.0 Å². The van der Waals surface area contributed by atoms with Gasteiger partial charge in [-0.05, 0) is 42.5 Å². The molecule has 29 heavy (non-hydrogen) atoms. The smallest absolute Gasteiger partial charge is 0.340 e. The Hall–Kier alpha value is -2.48. The predicted octanol–water partition coefficient (Wildman–Crippen LogP) is 4.64. The number of benzene rings is 2. The van der Waals surface area contributed by atoms with Crippen LogP contribution in [-0.4, -0.2) is 34.6 Å². The number of methoxy groups -OCH3 is 1. The van der Waals surface area contributed by atoms with Crippen molar-refractivity contribution in [3.05, 3.63) is 77.3 Å². The lowest BCUT2D eigenvalue weighted by atomic mass is 10.2. The van der Waals surface area contributed by atoms with Crippen LogP contribution in [0.15, 0.2) is 71.6 Å². The van der Waals surface area contributed by atoms with Crippen molar-refractivity contribution in [3.8, 4) is 5.75 Å². The zero-order valence-corrected chi connectivity index (χ0v) is 17.9. The Morgan fingerprint density at radius 2 is 1.86 bits per heavy atom. The topological polar surface area (TPSA) is 72.9 Å². The Bertz CT molecular complexity index is 1020. The number of hydrogen-bond acceptors (Lipinski definition) is 5. The van der Waals surface area contributed by atoms with Crippen molar-refractivity contribution in [2.45, 2.75) is 4.90 Å². The van der Waals surface area contributed by atoms with E-state index in [2.05, 4.69) is 13.2 Å². The molecule has 0 unspecified atom stereocenters. The van der Waals surface area contributed by atoms with E-state index in [0.29, 0.717) is 11.4 Å². The summed E-state index contributed by atoms with van der Waals surface area (Å²) in [7, 11) is -2.51. The second-order valence-electron chi connectivity index (χ2n) is 5.76. The van der Waals surface area contributed by atoms with Gasteiger partial charge in [-0.15, -0.1) is 6.58 Å². The lowest BCUT2D eigenvalue weighted by Gasteiger charge is -2.23. The third kappa shape index (κ3) is 5.53. The second-order valence-corrected chi connectivity index (χ2v) is 8.56. The number of nitrogens with zero attached hydrogens (tertiary/aromatic N) is 1. The van der Waals surface area contributed by atoms with Crippen molar-refractivity contribution in [2.75, 3.05) is 24.6 Å². The molecular formula is C20H19Cl2NO5S. The molecular weight excluding hydrogens is 437 g/mol. The first-order valence-electron chi connectivity index (χ1n) is 8.28. The van der Waals surface area contributed by atoms with Gasteiger partial charge in [-0.3, -0.25) is 4.31 Å². The van der Waals surface area contributed by atoms with Crippen LogP contribution >= 0.6 is 23.2 Å². The highest BCUT2D eigenvalue weighted by Gasteiger charge is 2.26. The van der Waals surface area contributed by atoms with Gasteiger partial charge < -0.3 is 9.47 Å². The van der Waals surface area contributed by atoms with Crippen LogP contribution in [-0.2, 0) is 14.8 Å². The van der Waals surface area contributed by atoms with Crippen molar-refractivity contribution in [3.63, 3.8) is 0 Å². The first kappa shape index (κ1) is 22.8. The van der Waals surface area contributed by atoms with Crippen molar-refractivity contribution >= 4 is 44.9 Å². The molecule has 0 aliphatic carbocycles. The molecule has 0 heterocycles. The summed E-state index contributed by atoms with van der Waals surface area (Å²) < 4.78 is 37.7. The van der Waals surface area contributed by atoms with Gasteiger partial charge in [-0.1, -0.05) is 35.9 Å². The summed E-state index contributed by atoms with van der Waals surface area (Å²) in [6.45, 7) is 6.84. The van der Waals surface area contributed by atoms with Gasteiger partial charge in [0, 0.05) is 5.03 Å². The number of sulfonamides is 1. The summed E-state index contributed by atoms with van der Waals surface area (Å²) in [6.07, 6.45) is 1.46. The molecule has 0 saturated carbocycles. The second kappa shape index (κ2) is 9.82. The third-order valence-electron chi connectivity index (χ3n) is 3.76.